The third-order valence-corrected chi connectivity index (χ3v) is 6.26. The van der Waals surface area contributed by atoms with Gasteiger partial charge in [-0.2, -0.15) is 0 Å². The van der Waals surface area contributed by atoms with Gasteiger partial charge in [-0.3, -0.25) is 9.36 Å². The average molecular weight is 407 g/mol. The highest BCUT2D eigenvalue weighted by molar-refractivity contribution is 7.54. The van der Waals surface area contributed by atoms with Crippen molar-refractivity contribution in [2.24, 2.45) is 0 Å². The smallest absolute Gasteiger partial charge is 0.357 e. The van der Waals surface area contributed by atoms with E-state index in [1.807, 2.05) is 6.07 Å². The molecule has 0 radical (unpaired) electrons. The highest BCUT2D eigenvalue weighted by Crippen LogP contribution is 2.59. The molecule has 1 amide bonds. The second-order valence-electron chi connectivity index (χ2n) is 5.73. The van der Waals surface area contributed by atoms with Crippen LogP contribution >= 0.6 is 7.60 Å². The minimum Gasteiger partial charge on any atom is -0.493 e. The van der Waals surface area contributed by atoms with Crippen LogP contribution in [0.3, 0.4) is 0 Å². The molecule has 7 nitrogen and oxygen atoms in total. The van der Waals surface area contributed by atoms with E-state index < -0.39 is 19.3 Å². The predicted molar refractivity (Wildman–Crippen MR) is 107 cm³/mol. The Balaban J connectivity index is 2.40. The van der Waals surface area contributed by atoms with Gasteiger partial charge in [0, 0.05) is 5.56 Å². The summed E-state index contributed by atoms with van der Waals surface area (Å²) in [4.78, 5) is 12.9. The van der Waals surface area contributed by atoms with Gasteiger partial charge in [-0.15, -0.1) is 0 Å². The van der Waals surface area contributed by atoms with E-state index in [1.54, 1.807) is 56.3 Å². The van der Waals surface area contributed by atoms with Crippen molar-refractivity contribution in [3.05, 3.63) is 59.7 Å². The normalized spacial score (nSPS) is 12.3. The summed E-state index contributed by atoms with van der Waals surface area (Å²) in [6, 6.07) is 13.8. The van der Waals surface area contributed by atoms with Gasteiger partial charge in [-0.25, -0.2) is 0 Å². The van der Waals surface area contributed by atoms with Gasteiger partial charge in [0.25, 0.3) is 5.91 Å². The van der Waals surface area contributed by atoms with Crippen LogP contribution in [0.2, 0.25) is 0 Å². The van der Waals surface area contributed by atoms with Gasteiger partial charge < -0.3 is 23.8 Å². The SMILES string of the molecule is CCOP(=O)(OCC)[C@@H](NC(=O)c1ccc(OC)c(OC)c1)c1ccccc1. The van der Waals surface area contributed by atoms with E-state index in [4.69, 9.17) is 18.5 Å². The summed E-state index contributed by atoms with van der Waals surface area (Å²) in [5, 5.41) is 2.80. The van der Waals surface area contributed by atoms with Crippen molar-refractivity contribution in [2.45, 2.75) is 19.6 Å². The summed E-state index contributed by atoms with van der Waals surface area (Å²) >= 11 is 0. The van der Waals surface area contributed by atoms with E-state index in [2.05, 4.69) is 5.32 Å². The number of benzene rings is 2. The van der Waals surface area contributed by atoms with Crippen LogP contribution < -0.4 is 14.8 Å². The van der Waals surface area contributed by atoms with E-state index >= 15 is 0 Å². The fraction of sp³-hybridized carbons (Fsp3) is 0.350. The Morgan fingerprint density at radius 3 is 2.11 bits per heavy atom. The lowest BCUT2D eigenvalue weighted by molar-refractivity contribution is 0.0937. The third-order valence-electron chi connectivity index (χ3n) is 3.96. The molecule has 2 rings (SSSR count). The van der Waals surface area contributed by atoms with Crippen LogP contribution in [0.15, 0.2) is 48.5 Å². The zero-order valence-corrected chi connectivity index (χ0v) is 17.4. The maximum Gasteiger partial charge on any atom is 0.357 e. The molecule has 0 aliphatic rings. The number of rotatable bonds is 10. The van der Waals surface area contributed by atoms with Crippen LogP contribution in [0.5, 0.6) is 11.5 Å². The fourth-order valence-corrected chi connectivity index (χ4v) is 4.62. The minimum atomic E-state index is -3.65. The van der Waals surface area contributed by atoms with Gasteiger partial charge in [0.05, 0.1) is 27.4 Å². The Morgan fingerprint density at radius 1 is 0.964 bits per heavy atom. The summed E-state index contributed by atoms with van der Waals surface area (Å²) < 4.78 is 34.8. The maximum atomic E-state index is 13.4. The zero-order valence-electron chi connectivity index (χ0n) is 16.5. The number of carbonyl (C=O) groups excluding carboxylic acids is 1. The maximum absolute atomic E-state index is 13.4. The number of ether oxygens (including phenoxy) is 2. The van der Waals surface area contributed by atoms with Gasteiger partial charge in [-0.1, -0.05) is 30.3 Å². The van der Waals surface area contributed by atoms with Crippen LogP contribution in [-0.4, -0.2) is 33.3 Å². The molecule has 1 N–H and O–H groups in total. The van der Waals surface area contributed by atoms with E-state index in [-0.39, 0.29) is 13.2 Å². The van der Waals surface area contributed by atoms with Crippen molar-refractivity contribution in [2.75, 3.05) is 27.4 Å². The Bertz CT molecular complexity index is 817. The average Bonchev–Trinajstić information content (AvgIpc) is 2.72. The Kier molecular flexibility index (Phi) is 8.05. The first-order valence-corrected chi connectivity index (χ1v) is 10.6. The standard InChI is InChI=1S/C20H26NO6P/c1-5-26-28(23,27-6-2)20(15-10-8-7-9-11-15)21-19(22)16-12-13-17(24-3)18(14-16)25-4/h7-14,20H,5-6H2,1-4H3,(H,21,22)/t20-/m1/s1. The van der Waals surface area contributed by atoms with Crippen molar-refractivity contribution in [3.63, 3.8) is 0 Å². The number of nitrogens with one attached hydrogen (secondary N) is 1. The third kappa shape index (κ3) is 5.13. The lowest BCUT2D eigenvalue weighted by Gasteiger charge is -2.27. The van der Waals surface area contributed by atoms with E-state index in [1.165, 1.54) is 14.2 Å². The number of methoxy groups -OCH3 is 2. The molecular weight excluding hydrogens is 381 g/mol. The monoisotopic (exact) mass is 407 g/mol. The molecule has 2 aromatic rings. The van der Waals surface area contributed by atoms with Crippen LogP contribution in [0, 0.1) is 0 Å². The largest absolute Gasteiger partial charge is 0.493 e. The second kappa shape index (κ2) is 10.3. The van der Waals surface area contributed by atoms with Crippen molar-refractivity contribution < 1.29 is 27.9 Å². The van der Waals surface area contributed by atoms with E-state index in [0.29, 0.717) is 22.6 Å². The highest BCUT2D eigenvalue weighted by atomic mass is 31.2. The molecule has 0 saturated heterocycles. The van der Waals surface area contributed by atoms with Crippen molar-refractivity contribution in [1.29, 1.82) is 0 Å². The van der Waals surface area contributed by atoms with Crippen LogP contribution in [0.4, 0.5) is 0 Å². The summed E-state index contributed by atoms with van der Waals surface area (Å²) in [5.41, 5.74) is 0.958. The fourth-order valence-electron chi connectivity index (χ4n) is 2.71. The summed E-state index contributed by atoms with van der Waals surface area (Å²) in [6.07, 6.45) is 0. The zero-order chi connectivity index (χ0) is 20.6. The molecule has 0 aromatic heterocycles. The Labute approximate surface area is 165 Å². The molecule has 0 fully saturated rings. The Hall–Kier alpha value is -2.34. The van der Waals surface area contributed by atoms with Gasteiger partial charge >= 0.3 is 7.60 Å². The first-order chi connectivity index (χ1) is 13.5. The topological polar surface area (TPSA) is 83.1 Å². The van der Waals surface area contributed by atoms with E-state index in [0.717, 1.165) is 0 Å². The minimum absolute atomic E-state index is 0.187. The lowest BCUT2D eigenvalue weighted by Crippen LogP contribution is -2.29. The van der Waals surface area contributed by atoms with Crippen LogP contribution in [-0.2, 0) is 13.6 Å². The molecule has 0 unspecified atom stereocenters. The van der Waals surface area contributed by atoms with Crippen LogP contribution in [0.25, 0.3) is 0 Å². The Morgan fingerprint density at radius 2 is 1.57 bits per heavy atom. The quantitative estimate of drug-likeness (QED) is 0.588. The number of hydrogen-bond donors (Lipinski definition) is 1. The molecule has 2 aromatic carbocycles. The van der Waals surface area contributed by atoms with Gasteiger partial charge in [0.15, 0.2) is 17.3 Å². The molecule has 1 atom stereocenters. The highest BCUT2D eigenvalue weighted by Gasteiger charge is 2.38. The molecule has 0 heterocycles. The van der Waals surface area contributed by atoms with E-state index in [9.17, 15) is 9.36 Å². The summed E-state index contributed by atoms with van der Waals surface area (Å²) in [6.45, 7) is 3.83. The molecular formula is C20H26NO6P. The number of amides is 1. The lowest BCUT2D eigenvalue weighted by atomic mass is 10.1. The molecule has 28 heavy (non-hydrogen) atoms. The summed E-state index contributed by atoms with van der Waals surface area (Å²) in [5.74, 6) is -0.458. The molecule has 8 heteroatoms. The van der Waals surface area contributed by atoms with Gasteiger partial charge in [0.2, 0.25) is 0 Å². The van der Waals surface area contributed by atoms with Crippen molar-refractivity contribution >= 4 is 13.5 Å². The second-order valence-corrected chi connectivity index (χ2v) is 7.84. The summed E-state index contributed by atoms with van der Waals surface area (Å²) in [7, 11) is -0.640. The number of carbonyl (C=O) groups is 1. The molecule has 0 saturated carbocycles. The van der Waals surface area contributed by atoms with Crippen molar-refractivity contribution in [1.82, 2.24) is 5.32 Å². The van der Waals surface area contributed by atoms with Gasteiger partial charge in [0.1, 0.15) is 0 Å². The van der Waals surface area contributed by atoms with Crippen molar-refractivity contribution in [3.8, 4) is 11.5 Å². The molecule has 0 aliphatic heterocycles. The molecule has 0 bridgehead atoms. The number of hydrogen-bond acceptors (Lipinski definition) is 6. The molecule has 0 aliphatic carbocycles. The first kappa shape index (κ1) is 22.0. The molecule has 152 valence electrons. The molecule has 0 spiro atoms. The van der Waals surface area contributed by atoms with Gasteiger partial charge in [-0.05, 0) is 37.6 Å². The predicted octanol–water partition coefficient (Wildman–Crippen LogP) is 4.40. The first-order valence-electron chi connectivity index (χ1n) is 8.95. The van der Waals surface area contributed by atoms with Crippen LogP contribution in [0.1, 0.15) is 35.6 Å².